The maximum absolute atomic E-state index is 13.5. The lowest BCUT2D eigenvalue weighted by Gasteiger charge is -2.06. The number of halogens is 2. The van der Waals surface area contributed by atoms with Gasteiger partial charge in [0.25, 0.3) is 5.91 Å². The van der Waals surface area contributed by atoms with Crippen LogP contribution in [0.4, 0.5) is 13.9 Å². The van der Waals surface area contributed by atoms with E-state index < -0.39 is 23.4 Å². The zero-order chi connectivity index (χ0) is 18.5. The quantitative estimate of drug-likeness (QED) is 0.719. The molecule has 0 spiro atoms. The molecule has 0 aliphatic heterocycles. The number of aromatic nitrogens is 2. The minimum Gasteiger partial charge on any atom is -0.343 e. The van der Waals surface area contributed by atoms with Crippen molar-refractivity contribution >= 4 is 28.3 Å². The first-order chi connectivity index (χ1) is 12.5. The first kappa shape index (κ1) is 17.6. The molecular formula is C17H12F2N4O2S. The summed E-state index contributed by atoms with van der Waals surface area (Å²) in [6.07, 6.45) is 3.29. The van der Waals surface area contributed by atoms with Crippen LogP contribution in [0.2, 0.25) is 0 Å². The average Bonchev–Trinajstić information content (AvgIpc) is 3.09. The number of benzene rings is 1. The normalized spacial score (nSPS) is 10.4. The van der Waals surface area contributed by atoms with Crippen molar-refractivity contribution in [1.29, 1.82) is 0 Å². The molecule has 26 heavy (non-hydrogen) atoms. The molecule has 0 aliphatic carbocycles. The lowest BCUT2D eigenvalue weighted by Crippen LogP contribution is -2.33. The predicted octanol–water partition coefficient (Wildman–Crippen LogP) is 2.85. The van der Waals surface area contributed by atoms with Crippen molar-refractivity contribution in [3.05, 3.63) is 65.3 Å². The number of thiazole rings is 1. The molecule has 3 rings (SSSR count). The summed E-state index contributed by atoms with van der Waals surface area (Å²) in [6, 6.07) is 6.19. The molecule has 0 saturated heterocycles. The van der Waals surface area contributed by atoms with E-state index >= 15 is 0 Å². The summed E-state index contributed by atoms with van der Waals surface area (Å²) in [5.41, 5.74) is 1.13. The minimum absolute atomic E-state index is 0.340. The van der Waals surface area contributed by atoms with Crippen molar-refractivity contribution in [2.75, 3.05) is 11.9 Å². The SMILES string of the molecule is O=C(CNC(=O)c1ccc(F)cc1F)Nc1nc(-c2cccnc2)cs1. The van der Waals surface area contributed by atoms with Gasteiger partial charge in [-0.1, -0.05) is 0 Å². The van der Waals surface area contributed by atoms with Crippen molar-refractivity contribution in [3.63, 3.8) is 0 Å². The molecule has 6 nitrogen and oxygen atoms in total. The monoisotopic (exact) mass is 374 g/mol. The summed E-state index contributed by atoms with van der Waals surface area (Å²) in [6.45, 7) is -0.378. The Hall–Kier alpha value is -3.20. The highest BCUT2D eigenvalue weighted by Crippen LogP contribution is 2.23. The minimum atomic E-state index is -0.996. The van der Waals surface area contributed by atoms with Crippen LogP contribution < -0.4 is 10.6 Å². The molecule has 1 aromatic carbocycles. The lowest BCUT2D eigenvalue weighted by molar-refractivity contribution is -0.115. The van der Waals surface area contributed by atoms with Gasteiger partial charge in [-0.25, -0.2) is 13.8 Å². The molecule has 3 aromatic rings. The van der Waals surface area contributed by atoms with Gasteiger partial charge in [0.2, 0.25) is 5.91 Å². The third kappa shape index (κ3) is 4.25. The number of amides is 2. The summed E-state index contributed by atoms with van der Waals surface area (Å²) in [4.78, 5) is 32.0. The van der Waals surface area contributed by atoms with Gasteiger partial charge in [0.1, 0.15) is 11.6 Å². The van der Waals surface area contributed by atoms with Crippen LogP contribution in [-0.4, -0.2) is 28.3 Å². The maximum atomic E-state index is 13.5. The number of hydrogen-bond acceptors (Lipinski definition) is 5. The lowest BCUT2D eigenvalue weighted by atomic mass is 10.2. The van der Waals surface area contributed by atoms with E-state index in [1.54, 1.807) is 23.8 Å². The van der Waals surface area contributed by atoms with Crippen molar-refractivity contribution in [2.24, 2.45) is 0 Å². The second-order valence-electron chi connectivity index (χ2n) is 5.13. The van der Waals surface area contributed by atoms with Gasteiger partial charge in [-0.15, -0.1) is 11.3 Å². The van der Waals surface area contributed by atoms with E-state index in [0.717, 1.165) is 17.7 Å². The second-order valence-corrected chi connectivity index (χ2v) is 5.99. The Morgan fingerprint density at radius 2 is 2.04 bits per heavy atom. The van der Waals surface area contributed by atoms with Gasteiger partial charge >= 0.3 is 0 Å². The van der Waals surface area contributed by atoms with Crippen LogP contribution in [-0.2, 0) is 4.79 Å². The molecule has 132 valence electrons. The van der Waals surface area contributed by atoms with Crippen LogP contribution >= 0.6 is 11.3 Å². The van der Waals surface area contributed by atoms with E-state index in [4.69, 9.17) is 0 Å². The van der Waals surface area contributed by atoms with Crippen molar-refractivity contribution in [1.82, 2.24) is 15.3 Å². The summed E-state index contributed by atoms with van der Waals surface area (Å²) in [7, 11) is 0. The fourth-order valence-electron chi connectivity index (χ4n) is 2.07. The van der Waals surface area contributed by atoms with Crippen LogP contribution in [0.5, 0.6) is 0 Å². The molecule has 0 aliphatic rings. The molecule has 0 atom stereocenters. The molecule has 2 amide bonds. The number of carbonyl (C=O) groups is 2. The van der Waals surface area contributed by atoms with Crippen LogP contribution in [0.3, 0.4) is 0 Å². The van der Waals surface area contributed by atoms with E-state index in [2.05, 4.69) is 20.6 Å². The van der Waals surface area contributed by atoms with Gasteiger partial charge in [-0.2, -0.15) is 0 Å². The molecule has 2 aromatic heterocycles. The number of pyridine rings is 1. The highest BCUT2D eigenvalue weighted by Gasteiger charge is 2.14. The molecule has 0 bridgehead atoms. The van der Waals surface area contributed by atoms with E-state index in [9.17, 15) is 18.4 Å². The number of carbonyl (C=O) groups excluding carboxylic acids is 2. The number of hydrogen-bond donors (Lipinski definition) is 2. The molecule has 0 saturated carbocycles. The average molecular weight is 374 g/mol. The number of nitrogens with one attached hydrogen (secondary N) is 2. The van der Waals surface area contributed by atoms with E-state index in [-0.39, 0.29) is 12.1 Å². The van der Waals surface area contributed by atoms with Crippen LogP contribution in [0.15, 0.2) is 48.1 Å². The second kappa shape index (κ2) is 7.79. The smallest absolute Gasteiger partial charge is 0.254 e. The Morgan fingerprint density at radius 1 is 1.19 bits per heavy atom. The molecule has 0 unspecified atom stereocenters. The first-order valence-electron chi connectivity index (χ1n) is 7.42. The highest BCUT2D eigenvalue weighted by atomic mass is 32.1. The Kier molecular flexibility index (Phi) is 5.28. The molecule has 2 heterocycles. The molecule has 2 N–H and O–H groups in total. The highest BCUT2D eigenvalue weighted by molar-refractivity contribution is 7.14. The largest absolute Gasteiger partial charge is 0.343 e. The van der Waals surface area contributed by atoms with Gasteiger partial charge in [0, 0.05) is 29.4 Å². The van der Waals surface area contributed by atoms with E-state index in [1.165, 1.54) is 11.3 Å². The van der Waals surface area contributed by atoms with E-state index in [1.807, 2.05) is 6.07 Å². The van der Waals surface area contributed by atoms with Crippen LogP contribution in [0.25, 0.3) is 11.3 Å². The van der Waals surface area contributed by atoms with E-state index in [0.29, 0.717) is 16.9 Å². The summed E-state index contributed by atoms with van der Waals surface area (Å²) in [5.74, 6) is -3.12. The molecular weight excluding hydrogens is 362 g/mol. The standard InChI is InChI=1S/C17H12F2N4O2S/c18-11-3-4-12(13(19)6-11)16(25)21-8-15(24)23-17-22-14(9-26-17)10-2-1-5-20-7-10/h1-7,9H,8H2,(H,21,25)(H,22,23,24). The molecule has 9 heteroatoms. The topological polar surface area (TPSA) is 84.0 Å². The fourth-order valence-corrected chi connectivity index (χ4v) is 2.81. The van der Waals surface area contributed by atoms with Gasteiger partial charge in [0.05, 0.1) is 17.8 Å². The molecule has 0 radical (unpaired) electrons. The van der Waals surface area contributed by atoms with Gasteiger partial charge in [-0.3, -0.25) is 14.6 Å². The zero-order valence-electron chi connectivity index (χ0n) is 13.2. The summed E-state index contributed by atoms with van der Waals surface area (Å²) >= 11 is 1.22. The number of nitrogens with zero attached hydrogens (tertiary/aromatic N) is 2. The Morgan fingerprint density at radius 3 is 2.77 bits per heavy atom. The maximum Gasteiger partial charge on any atom is 0.254 e. The third-order valence-corrected chi connectivity index (χ3v) is 4.05. The van der Waals surface area contributed by atoms with Crippen molar-refractivity contribution in [2.45, 2.75) is 0 Å². The Bertz CT molecular complexity index is 947. The summed E-state index contributed by atoms with van der Waals surface area (Å²) < 4.78 is 26.4. The Balaban J connectivity index is 1.56. The molecule has 0 fully saturated rings. The van der Waals surface area contributed by atoms with Gasteiger partial charge in [-0.05, 0) is 24.3 Å². The zero-order valence-corrected chi connectivity index (χ0v) is 14.0. The first-order valence-corrected chi connectivity index (χ1v) is 8.30. The Labute approximate surface area is 150 Å². The van der Waals surface area contributed by atoms with Gasteiger partial charge in [0.15, 0.2) is 5.13 Å². The van der Waals surface area contributed by atoms with Crippen molar-refractivity contribution < 1.29 is 18.4 Å². The van der Waals surface area contributed by atoms with Crippen molar-refractivity contribution in [3.8, 4) is 11.3 Å². The predicted molar refractivity (Wildman–Crippen MR) is 92.7 cm³/mol. The number of rotatable bonds is 5. The third-order valence-electron chi connectivity index (χ3n) is 3.29. The van der Waals surface area contributed by atoms with Gasteiger partial charge < -0.3 is 10.6 Å². The summed E-state index contributed by atoms with van der Waals surface area (Å²) in [5, 5.41) is 6.93. The number of anilines is 1. The van der Waals surface area contributed by atoms with Crippen LogP contribution in [0, 0.1) is 11.6 Å². The van der Waals surface area contributed by atoms with Crippen LogP contribution in [0.1, 0.15) is 10.4 Å². The fraction of sp³-hybridized carbons (Fsp3) is 0.0588.